The van der Waals surface area contributed by atoms with Gasteiger partial charge < -0.3 is 15.0 Å². The molecule has 0 aliphatic carbocycles. The lowest BCUT2D eigenvalue weighted by Gasteiger charge is -2.17. The molecule has 0 saturated heterocycles. The molecule has 4 aromatic heterocycles. The molecule has 2 aromatic carbocycles. The molecule has 9 nitrogen and oxygen atoms in total. The Balaban J connectivity index is 1.37. The number of nitrogens with one attached hydrogen (secondary N) is 3. The lowest BCUT2D eigenvalue weighted by atomic mass is 9.92. The highest BCUT2D eigenvalue weighted by Crippen LogP contribution is 2.34. The second kappa shape index (κ2) is 10.1. The Labute approximate surface area is 235 Å². The minimum atomic E-state index is -0.391. The zero-order valence-corrected chi connectivity index (χ0v) is 23.0. The molecule has 0 aliphatic rings. The van der Waals surface area contributed by atoms with Crippen molar-refractivity contribution in [1.29, 1.82) is 0 Å². The summed E-state index contributed by atoms with van der Waals surface area (Å²) >= 11 is 0. The molecule has 0 bridgehead atoms. The van der Waals surface area contributed by atoms with Crippen LogP contribution < -0.4 is 10.1 Å². The number of aromatic nitrogens is 6. The van der Waals surface area contributed by atoms with Gasteiger partial charge >= 0.3 is 0 Å². The summed E-state index contributed by atoms with van der Waals surface area (Å²) in [7, 11) is 1.51. The molecule has 6 aromatic rings. The number of amides is 1. The zero-order valence-electron chi connectivity index (χ0n) is 23.0. The Hall–Kier alpha value is -5.12. The second-order valence-corrected chi connectivity index (χ2v) is 11.1. The molecular formula is C31H28FN7O2. The number of H-pyrrole nitrogens is 2. The molecule has 206 valence electrons. The van der Waals surface area contributed by atoms with E-state index in [4.69, 9.17) is 9.72 Å². The van der Waals surface area contributed by atoms with Crippen molar-refractivity contribution in [1.82, 2.24) is 30.1 Å². The Bertz CT molecular complexity index is 1920. The zero-order chi connectivity index (χ0) is 28.7. The monoisotopic (exact) mass is 549 g/mol. The molecule has 4 heterocycles. The van der Waals surface area contributed by atoms with Gasteiger partial charge in [-0.25, -0.2) is 9.37 Å². The summed E-state index contributed by atoms with van der Waals surface area (Å²) < 4.78 is 19.5. The fourth-order valence-corrected chi connectivity index (χ4v) is 4.80. The van der Waals surface area contributed by atoms with Gasteiger partial charge in [-0.05, 0) is 41.3 Å². The van der Waals surface area contributed by atoms with Crippen LogP contribution in [-0.2, 0) is 4.79 Å². The molecule has 41 heavy (non-hydrogen) atoms. The number of pyridine rings is 2. The quantitative estimate of drug-likeness (QED) is 0.211. The number of imidazole rings is 1. The summed E-state index contributed by atoms with van der Waals surface area (Å²) in [5.41, 5.74) is 6.14. The Morgan fingerprint density at radius 3 is 2.68 bits per heavy atom. The van der Waals surface area contributed by atoms with E-state index in [1.165, 1.54) is 19.2 Å². The SMILES string of the molecule is COc1cc(F)cc(-c2cccc3[nH]c(-c4n[nH]c5cnc(-c6cncc(NC(=O)CC(C)(C)C)c6)cc45)nc23)c1. The van der Waals surface area contributed by atoms with Gasteiger partial charge in [-0.1, -0.05) is 32.9 Å². The van der Waals surface area contributed by atoms with E-state index in [1.807, 2.05) is 51.1 Å². The molecule has 0 aliphatic heterocycles. The molecule has 0 unspecified atom stereocenters. The normalized spacial score (nSPS) is 11.7. The Kier molecular flexibility index (Phi) is 6.45. The van der Waals surface area contributed by atoms with Crippen LogP contribution >= 0.6 is 0 Å². The topological polar surface area (TPSA) is 121 Å². The fourth-order valence-electron chi connectivity index (χ4n) is 4.80. The van der Waals surface area contributed by atoms with E-state index >= 15 is 0 Å². The summed E-state index contributed by atoms with van der Waals surface area (Å²) in [4.78, 5) is 29.6. The molecule has 10 heteroatoms. The highest BCUT2D eigenvalue weighted by molar-refractivity contribution is 5.98. The summed E-state index contributed by atoms with van der Waals surface area (Å²) in [6, 6.07) is 14.0. The van der Waals surface area contributed by atoms with Crippen LogP contribution in [-0.4, -0.2) is 43.2 Å². The molecular weight excluding hydrogens is 521 g/mol. The van der Waals surface area contributed by atoms with Crippen molar-refractivity contribution in [2.45, 2.75) is 27.2 Å². The number of hydrogen-bond acceptors (Lipinski definition) is 6. The third-order valence-corrected chi connectivity index (χ3v) is 6.61. The number of halogens is 1. The van der Waals surface area contributed by atoms with E-state index < -0.39 is 5.82 Å². The van der Waals surface area contributed by atoms with E-state index in [0.29, 0.717) is 46.2 Å². The molecule has 0 atom stereocenters. The Morgan fingerprint density at radius 1 is 1.02 bits per heavy atom. The van der Waals surface area contributed by atoms with Crippen molar-refractivity contribution in [2.24, 2.45) is 5.41 Å². The molecule has 6 rings (SSSR count). The fraction of sp³-hybridized carbons (Fsp3) is 0.194. The van der Waals surface area contributed by atoms with Crippen LogP contribution in [0.25, 0.3) is 55.8 Å². The first-order valence-corrected chi connectivity index (χ1v) is 13.1. The van der Waals surface area contributed by atoms with Gasteiger partial charge in [0, 0.05) is 35.2 Å². The Morgan fingerprint density at radius 2 is 1.88 bits per heavy atom. The number of carbonyl (C=O) groups is 1. The van der Waals surface area contributed by atoms with Crippen LogP contribution in [0.15, 0.2) is 67.1 Å². The number of carbonyl (C=O) groups excluding carboxylic acids is 1. The smallest absolute Gasteiger partial charge is 0.224 e. The maximum atomic E-state index is 14.3. The lowest BCUT2D eigenvalue weighted by Crippen LogP contribution is -2.19. The number of methoxy groups -OCH3 is 1. The van der Waals surface area contributed by atoms with Crippen molar-refractivity contribution in [3.63, 3.8) is 0 Å². The first kappa shape index (κ1) is 26.1. The molecule has 0 radical (unpaired) electrons. The standard InChI is InChI=1S/C31H28FN7O2/c1-31(2,3)13-27(40)35-20-9-18(14-33-15-20)25-12-23-26(16-34-25)38-39-29(23)30-36-24-7-5-6-22(28(24)37-30)17-8-19(32)11-21(10-17)41-4/h5-12,14-16H,13H2,1-4H3,(H,35,40)(H,36,37)(H,38,39). The number of nitrogens with zero attached hydrogens (tertiary/aromatic N) is 4. The number of hydrogen-bond donors (Lipinski definition) is 3. The molecule has 1 amide bonds. The van der Waals surface area contributed by atoms with Gasteiger partial charge in [0.25, 0.3) is 0 Å². The number of para-hydroxylation sites is 1. The molecule has 0 fully saturated rings. The van der Waals surface area contributed by atoms with Crippen LogP contribution in [0, 0.1) is 11.2 Å². The summed E-state index contributed by atoms with van der Waals surface area (Å²) in [5, 5.41) is 11.3. The maximum absolute atomic E-state index is 14.3. The maximum Gasteiger partial charge on any atom is 0.224 e. The average Bonchev–Trinajstić information content (AvgIpc) is 3.55. The van der Waals surface area contributed by atoms with Crippen molar-refractivity contribution in [2.75, 3.05) is 12.4 Å². The minimum Gasteiger partial charge on any atom is -0.497 e. The van der Waals surface area contributed by atoms with Crippen LogP contribution in [0.3, 0.4) is 0 Å². The summed E-state index contributed by atoms with van der Waals surface area (Å²) in [5.74, 6) is 0.523. The van der Waals surface area contributed by atoms with Gasteiger partial charge in [0.2, 0.25) is 5.91 Å². The van der Waals surface area contributed by atoms with Gasteiger partial charge in [0.05, 0.1) is 47.4 Å². The van der Waals surface area contributed by atoms with E-state index in [0.717, 1.165) is 27.5 Å². The number of fused-ring (bicyclic) bond motifs is 2. The first-order chi connectivity index (χ1) is 19.7. The van der Waals surface area contributed by atoms with Crippen LogP contribution in [0.4, 0.5) is 10.1 Å². The van der Waals surface area contributed by atoms with E-state index in [-0.39, 0.29) is 11.3 Å². The predicted octanol–water partition coefficient (Wildman–Crippen LogP) is 6.75. The van der Waals surface area contributed by atoms with Crippen LogP contribution in [0.1, 0.15) is 27.2 Å². The molecule has 0 saturated carbocycles. The second-order valence-electron chi connectivity index (χ2n) is 11.1. The molecule has 3 N–H and O–H groups in total. The van der Waals surface area contributed by atoms with Crippen molar-refractivity contribution in [3.8, 4) is 39.7 Å². The lowest BCUT2D eigenvalue weighted by molar-refractivity contribution is -0.117. The predicted molar refractivity (Wildman–Crippen MR) is 157 cm³/mol. The van der Waals surface area contributed by atoms with E-state index in [2.05, 4.69) is 30.5 Å². The third-order valence-electron chi connectivity index (χ3n) is 6.61. The first-order valence-electron chi connectivity index (χ1n) is 13.1. The van der Waals surface area contributed by atoms with Gasteiger partial charge in [0.1, 0.15) is 17.3 Å². The molecule has 0 spiro atoms. The van der Waals surface area contributed by atoms with E-state index in [9.17, 15) is 9.18 Å². The average molecular weight is 550 g/mol. The highest BCUT2D eigenvalue weighted by Gasteiger charge is 2.18. The number of aromatic amines is 2. The van der Waals surface area contributed by atoms with Gasteiger partial charge in [-0.15, -0.1) is 0 Å². The summed E-state index contributed by atoms with van der Waals surface area (Å²) in [6.45, 7) is 6.05. The van der Waals surface area contributed by atoms with Crippen LogP contribution in [0.5, 0.6) is 5.75 Å². The van der Waals surface area contributed by atoms with Gasteiger partial charge in [-0.3, -0.25) is 19.9 Å². The van der Waals surface area contributed by atoms with Crippen molar-refractivity contribution in [3.05, 3.63) is 72.9 Å². The van der Waals surface area contributed by atoms with Crippen molar-refractivity contribution < 1.29 is 13.9 Å². The number of rotatable bonds is 6. The summed E-state index contributed by atoms with van der Waals surface area (Å²) in [6.07, 6.45) is 5.42. The van der Waals surface area contributed by atoms with Gasteiger partial charge in [0.15, 0.2) is 5.82 Å². The van der Waals surface area contributed by atoms with Crippen LogP contribution in [0.2, 0.25) is 0 Å². The minimum absolute atomic E-state index is 0.0714. The largest absolute Gasteiger partial charge is 0.497 e. The number of ether oxygens (including phenoxy) is 1. The van der Waals surface area contributed by atoms with E-state index in [1.54, 1.807) is 24.7 Å². The third kappa shape index (κ3) is 5.36. The highest BCUT2D eigenvalue weighted by atomic mass is 19.1. The number of anilines is 1. The van der Waals surface area contributed by atoms with Gasteiger partial charge in [-0.2, -0.15) is 5.10 Å². The number of benzene rings is 2. The van der Waals surface area contributed by atoms with Crippen molar-refractivity contribution >= 4 is 33.5 Å².